The summed E-state index contributed by atoms with van der Waals surface area (Å²) in [5.41, 5.74) is 1.49. The predicted octanol–water partition coefficient (Wildman–Crippen LogP) is 2.96. The van der Waals surface area contributed by atoms with Crippen LogP contribution in [-0.2, 0) is 9.53 Å². The van der Waals surface area contributed by atoms with Gasteiger partial charge in [-0.2, -0.15) is 0 Å². The zero-order valence-electron chi connectivity index (χ0n) is 8.42. The van der Waals surface area contributed by atoms with Gasteiger partial charge in [-0.1, -0.05) is 31.5 Å². The molecule has 0 bridgehead atoms. The first kappa shape index (κ1) is 12.5. The molecule has 0 aliphatic rings. The molecule has 76 valence electrons. The van der Waals surface area contributed by atoms with Crippen LogP contribution >= 0.6 is 11.6 Å². The zero-order chi connectivity index (χ0) is 10.3. The molecule has 0 heterocycles. The average molecular weight is 205 g/mol. The lowest BCUT2D eigenvalue weighted by Crippen LogP contribution is -2.14. The smallest absolute Gasteiger partial charge is 0.305 e. The molecular formula is C10H17ClO2. The third-order valence-electron chi connectivity index (χ3n) is 2.13. The summed E-state index contributed by atoms with van der Waals surface area (Å²) in [6.07, 6.45) is 3.17. The Morgan fingerprint density at radius 2 is 2.15 bits per heavy atom. The van der Waals surface area contributed by atoms with E-state index in [2.05, 4.69) is 18.6 Å². The van der Waals surface area contributed by atoms with Crippen molar-refractivity contribution in [3.05, 3.63) is 11.6 Å². The highest BCUT2D eigenvalue weighted by Gasteiger charge is 2.16. The van der Waals surface area contributed by atoms with E-state index in [-0.39, 0.29) is 5.97 Å². The highest BCUT2D eigenvalue weighted by molar-refractivity contribution is 6.25. The van der Waals surface area contributed by atoms with Gasteiger partial charge in [0.25, 0.3) is 0 Å². The molecule has 0 aliphatic heterocycles. The third kappa shape index (κ3) is 5.69. The maximum Gasteiger partial charge on any atom is 0.305 e. The number of hydrogen-bond donors (Lipinski definition) is 0. The number of esters is 1. The van der Waals surface area contributed by atoms with Crippen molar-refractivity contribution in [3.8, 4) is 0 Å². The summed E-state index contributed by atoms with van der Waals surface area (Å²) in [7, 11) is 1.41. The van der Waals surface area contributed by atoms with Gasteiger partial charge in [-0.15, -0.1) is 0 Å². The summed E-state index contributed by atoms with van der Waals surface area (Å²) >= 11 is 5.42. The second-order valence-electron chi connectivity index (χ2n) is 3.38. The van der Waals surface area contributed by atoms with E-state index in [0.29, 0.717) is 18.3 Å². The number of halogens is 1. The molecular weight excluding hydrogens is 188 g/mol. The second-order valence-corrected chi connectivity index (χ2v) is 3.63. The monoisotopic (exact) mass is 204 g/mol. The van der Waals surface area contributed by atoms with Crippen LogP contribution in [0.15, 0.2) is 11.6 Å². The van der Waals surface area contributed by atoms with E-state index in [1.165, 1.54) is 12.6 Å². The van der Waals surface area contributed by atoms with Crippen LogP contribution in [0.1, 0.15) is 26.7 Å². The summed E-state index contributed by atoms with van der Waals surface area (Å²) < 4.78 is 4.61. The largest absolute Gasteiger partial charge is 0.469 e. The van der Waals surface area contributed by atoms with E-state index in [4.69, 9.17) is 11.6 Å². The van der Waals surface area contributed by atoms with E-state index >= 15 is 0 Å². The third-order valence-corrected chi connectivity index (χ3v) is 2.31. The fourth-order valence-electron chi connectivity index (χ4n) is 1.11. The molecule has 0 aromatic carbocycles. The molecule has 2 nitrogen and oxygen atoms in total. The first-order valence-corrected chi connectivity index (χ1v) is 4.87. The lowest BCUT2D eigenvalue weighted by atomic mass is 9.89. The Morgan fingerprint density at radius 3 is 2.54 bits per heavy atom. The van der Waals surface area contributed by atoms with Crippen molar-refractivity contribution in [1.82, 2.24) is 0 Å². The molecule has 0 saturated carbocycles. The van der Waals surface area contributed by atoms with Crippen LogP contribution in [0.5, 0.6) is 0 Å². The van der Waals surface area contributed by atoms with Crippen molar-refractivity contribution < 1.29 is 9.53 Å². The lowest BCUT2D eigenvalue weighted by molar-refractivity contribution is -0.142. The number of methoxy groups -OCH3 is 1. The predicted molar refractivity (Wildman–Crippen MR) is 54.6 cm³/mol. The average Bonchev–Trinajstić information content (AvgIpc) is 2.11. The minimum atomic E-state index is -0.151. The van der Waals surface area contributed by atoms with E-state index in [1.54, 1.807) is 0 Å². The molecule has 13 heavy (non-hydrogen) atoms. The maximum absolute atomic E-state index is 11.0. The van der Waals surface area contributed by atoms with Crippen molar-refractivity contribution in [2.24, 2.45) is 11.8 Å². The maximum atomic E-state index is 11.0. The molecule has 0 aromatic rings. The Balaban J connectivity index is 4.01. The number of allylic oxidation sites excluding steroid dienone is 1. The second kappa shape index (κ2) is 6.96. The molecule has 1 atom stereocenters. The van der Waals surface area contributed by atoms with Crippen molar-refractivity contribution in [3.63, 3.8) is 0 Å². The SMILES string of the molecule is COC(=O)C[C@@H](C/C=C/Cl)C(C)C. The van der Waals surface area contributed by atoms with Crippen LogP contribution in [0.3, 0.4) is 0 Å². The Labute approximate surface area is 84.9 Å². The molecule has 0 amide bonds. The van der Waals surface area contributed by atoms with Crippen LogP contribution in [-0.4, -0.2) is 13.1 Å². The quantitative estimate of drug-likeness (QED) is 0.644. The van der Waals surface area contributed by atoms with Gasteiger partial charge in [0, 0.05) is 12.0 Å². The fraction of sp³-hybridized carbons (Fsp3) is 0.700. The Morgan fingerprint density at radius 1 is 1.54 bits per heavy atom. The zero-order valence-corrected chi connectivity index (χ0v) is 9.17. The van der Waals surface area contributed by atoms with Gasteiger partial charge < -0.3 is 4.74 Å². The summed E-state index contributed by atoms with van der Waals surface area (Å²) in [5, 5.41) is 0. The fourth-order valence-corrected chi connectivity index (χ4v) is 1.22. The van der Waals surface area contributed by atoms with Gasteiger partial charge in [0.2, 0.25) is 0 Å². The molecule has 0 radical (unpaired) electrons. The number of hydrogen-bond acceptors (Lipinski definition) is 2. The van der Waals surface area contributed by atoms with Gasteiger partial charge in [0.1, 0.15) is 0 Å². The van der Waals surface area contributed by atoms with Crippen LogP contribution in [0, 0.1) is 11.8 Å². The molecule has 0 aliphatic carbocycles. The van der Waals surface area contributed by atoms with Gasteiger partial charge in [-0.05, 0) is 18.3 Å². The summed E-state index contributed by atoms with van der Waals surface area (Å²) in [4.78, 5) is 11.0. The summed E-state index contributed by atoms with van der Waals surface area (Å²) in [6.45, 7) is 4.19. The molecule has 0 saturated heterocycles. The highest BCUT2D eigenvalue weighted by atomic mass is 35.5. The van der Waals surface area contributed by atoms with Gasteiger partial charge in [0.15, 0.2) is 0 Å². The van der Waals surface area contributed by atoms with Crippen molar-refractivity contribution in [2.75, 3.05) is 7.11 Å². The summed E-state index contributed by atoms with van der Waals surface area (Å²) in [6, 6.07) is 0. The van der Waals surface area contributed by atoms with Crippen LogP contribution in [0.25, 0.3) is 0 Å². The number of carbonyl (C=O) groups excluding carboxylic acids is 1. The minimum absolute atomic E-state index is 0.151. The Bertz CT molecular complexity index is 176. The molecule has 0 unspecified atom stereocenters. The van der Waals surface area contributed by atoms with Crippen molar-refractivity contribution >= 4 is 17.6 Å². The van der Waals surface area contributed by atoms with Gasteiger partial charge >= 0.3 is 5.97 Å². The van der Waals surface area contributed by atoms with Crippen LogP contribution in [0.2, 0.25) is 0 Å². The molecule has 3 heteroatoms. The standard InChI is InChI=1S/C10H17ClO2/c1-8(2)9(5-4-6-11)7-10(12)13-3/h4,6,8-9H,5,7H2,1-3H3/b6-4+/t9-/m1/s1. The molecule has 0 N–H and O–H groups in total. The minimum Gasteiger partial charge on any atom is -0.469 e. The molecule has 0 fully saturated rings. The topological polar surface area (TPSA) is 26.3 Å². The van der Waals surface area contributed by atoms with Crippen LogP contribution in [0.4, 0.5) is 0 Å². The van der Waals surface area contributed by atoms with E-state index < -0.39 is 0 Å². The van der Waals surface area contributed by atoms with Gasteiger partial charge in [-0.25, -0.2) is 0 Å². The highest BCUT2D eigenvalue weighted by Crippen LogP contribution is 2.20. The van der Waals surface area contributed by atoms with Gasteiger partial charge in [-0.3, -0.25) is 4.79 Å². The van der Waals surface area contributed by atoms with E-state index in [9.17, 15) is 4.79 Å². The number of ether oxygens (including phenoxy) is 1. The first-order valence-electron chi connectivity index (χ1n) is 4.43. The van der Waals surface area contributed by atoms with Gasteiger partial charge in [0.05, 0.1) is 7.11 Å². The number of carbonyl (C=O) groups is 1. The van der Waals surface area contributed by atoms with E-state index in [1.807, 2.05) is 6.08 Å². The molecule has 0 rings (SSSR count). The normalized spacial score (nSPS) is 13.6. The van der Waals surface area contributed by atoms with E-state index in [0.717, 1.165) is 6.42 Å². The molecule has 0 spiro atoms. The van der Waals surface area contributed by atoms with Crippen LogP contribution < -0.4 is 0 Å². The first-order chi connectivity index (χ1) is 6.11. The Hall–Kier alpha value is -0.500. The Kier molecular flexibility index (Phi) is 6.69. The van der Waals surface area contributed by atoms with Crippen molar-refractivity contribution in [1.29, 1.82) is 0 Å². The lowest BCUT2D eigenvalue weighted by Gasteiger charge is -2.17. The molecule has 0 aromatic heterocycles. The number of rotatable bonds is 5. The van der Waals surface area contributed by atoms with Crippen molar-refractivity contribution in [2.45, 2.75) is 26.7 Å². The summed E-state index contributed by atoms with van der Waals surface area (Å²) in [5.74, 6) is 0.635.